The Kier molecular flexibility index (Phi) is 4.86. The number of phenols is 1. The van der Waals surface area contributed by atoms with Gasteiger partial charge in [-0.1, -0.05) is 0 Å². The molecule has 1 aromatic heterocycles. The zero-order chi connectivity index (χ0) is 19.7. The molecule has 2 aromatic carbocycles. The standard InChI is InChI=1S/C22H26N4O2/c1-17(2)25-15-16-26(22(25)28)20-5-3-18(4-6-20)23-11-13-24(14-12-23)19-7-9-21(27)10-8-19/h3-10,15-17,27H,11-14H2,1-2H3. The highest BCUT2D eigenvalue weighted by molar-refractivity contribution is 5.54. The molecule has 6 heteroatoms. The summed E-state index contributed by atoms with van der Waals surface area (Å²) in [5, 5.41) is 9.45. The SMILES string of the molecule is CC(C)n1ccn(-c2ccc(N3CCN(c4ccc(O)cc4)CC3)cc2)c1=O. The number of piperazine rings is 1. The lowest BCUT2D eigenvalue weighted by Crippen LogP contribution is -2.46. The van der Waals surface area contributed by atoms with Crippen LogP contribution in [-0.4, -0.2) is 40.4 Å². The Labute approximate surface area is 164 Å². The van der Waals surface area contributed by atoms with E-state index in [1.807, 2.05) is 50.5 Å². The third-order valence-corrected chi connectivity index (χ3v) is 5.35. The summed E-state index contributed by atoms with van der Waals surface area (Å²) < 4.78 is 3.42. The molecule has 6 nitrogen and oxygen atoms in total. The highest BCUT2D eigenvalue weighted by atomic mass is 16.3. The van der Waals surface area contributed by atoms with E-state index in [2.05, 4.69) is 21.9 Å². The monoisotopic (exact) mass is 378 g/mol. The van der Waals surface area contributed by atoms with Crippen LogP contribution in [0.2, 0.25) is 0 Å². The highest BCUT2D eigenvalue weighted by Crippen LogP contribution is 2.23. The van der Waals surface area contributed by atoms with Gasteiger partial charge in [-0.25, -0.2) is 4.79 Å². The van der Waals surface area contributed by atoms with Gasteiger partial charge >= 0.3 is 5.69 Å². The van der Waals surface area contributed by atoms with Crippen molar-refractivity contribution in [3.63, 3.8) is 0 Å². The Balaban J connectivity index is 1.44. The smallest absolute Gasteiger partial charge is 0.332 e. The molecule has 4 rings (SSSR count). The van der Waals surface area contributed by atoms with Crippen LogP contribution < -0.4 is 15.5 Å². The van der Waals surface area contributed by atoms with Crippen LogP contribution >= 0.6 is 0 Å². The van der Waals surface area contributed by atoms with E-state index in [1.54, 1.807) is 21.3 Å². The molecule has 1 fully saturated rings. The summed E-state index contributed by atoms with van der Waals surface area (Å²) in [5.74, 6) is 0.297. The molecule has 0 saturated carbocycles. The van der Waals surface area contributed by atoms with Crippen molar-refractivity contribution in [3.05, 3.63) is 71.4 Å². The molecule has 3 aromatic rings. The quantitative estimate of drug-likeness (QED) is 0.757. The number of benzene rings is 2. The molecule has 0 unspecified atom stereocenters. The van der Waals surface area contributed by atoms with Gasteiger partial charge in [0.1, 0.15) is 5.75 Å². The maximum Gasteiger partial charge on any atom is 0.332 e. The van der Waals surface area contributed by atoms with Gasteiger partial charge in [-0.05, 0) is 62.4 Å². The van der Waals surface area contributed by atoms with Crippen molar-refractivity contribution in [2.45, 2.75) is 19.9 Å². The van der Waals surface area contributed by atoms with Crippen molar-refractivity contribution in [3.8, 4) is 11.4 Å². The predicted molar refractivity (Wildman–Crippen MR) is 113 cm³/mol. The average molecular weight is 378 g/mol. The summed E-state index contributed by atoms with van der Waals surface area (Å²) in [7, 11) is 0. The van der Waals surface area contributed by atoms with Crippen LogP contribution in [0.15, 0.2) is 65.7 Å². The number of rotatable bonds is 4. The van der Waals surface area contributed by atoms with Gasteiger partial charge in [-0.2, -0.15) is 0 Å². The number of imidazole rings is 1. The first-order valence-electron chi connectivity index (χ1n) is 9.72. The predicted octanol–water partition coefficient (Wildman–Crippen LogP) is 3.25. The van der Waals surface area contributed by atoms with Crippen molar-refractivity contribution in [2.24, 2.45) is 0 Å². The molecule has 0 spiro atoms. The summed E-state index contributed by atoms with van der Waals surface area (Å²) in [6.07, 6.45) is 3.66. The van der Waals surface area contributed by atoms with Crippen molar-refractivity contribution in [1.82, 2.24) is 9.13 Å². The lowest BCUT2D eigenvalue weighted by Gasteiger charge is -2.37. The van der Waals surface area contributed by atoms with Crippen LogP contribution in [-0.2, 0) is 0 Å². The van der Waals surface area contributed by atoms with E-state index in [-0.39, 0.29) is 11.7 Å². The molecule has 1 saturated heterocycles. The van der Waals surface area contributed by atoms with Gasteiger partial charge in [0, 0.05) is 56.0 Å². The largest absolute Gasteiger partial charge is 0.508 e. The maximum atomic E-state index is 12.5. The number of phenolic OH excluding ortho intramolecular Hbond substituents is 1. The van der Waals surface area contributed by atoms with Crippen molar-refractivity contribution in [2.75, 3.05) is 36.0 Å². The van der Waals surface area contributed by atoms with Crippen molar-refractivity contribution in [1.29, 1.82) is 0 Å². The van der Waals surface area contributed by atoms with Gasteiger partial charge < -0.3 is 14.9 Å². The van der Waals surface area contributed by atoms with Gasteiger partial charge in [0.2, 0.25) is 0 Å². The number of hydrogen-bond donors (Lipinski definition) is 1. The molecular formula is C22H26N4O2. The van der Waals surface area contributed by atoms with E-state index in [9.17, 15) is 9.90 Å². The van der Waals surface area contributed by atoms with Gasteiger partial charge in [0.15, 0.2) is 0 Å². The van der Waals surface area contributed by atoms with E-state index in [1.165, 1.54) is 5.69 Å². The molecule has 0 radical (unpaired) electrons. The Morgan fingerprint density at radius 1 is 0.750 bits per heavy atom. The van der Waals surface area contributed by atoms with Gasteiger partial charge in [-0.15, -0.1) is 0 Å². The van der Waals surface area contributed by atoms with E-state index < -0.39 is 0 Å². The number of anilines is 2. The molecule has 1 aliphatic rings. The number of nitrogens with zero attached hydrogens (tertiary/aromatic N) is 4. The van der Waals surface area contributed by atoms with Crippen LogP contribution in [0, 0.1) is 0 Å². The van der Waals surface area contributed by atoms with E-state index in [0.29, 0.717) is 5.75 Å². The van der Waals surface area contributed by atoms with Crippen LogP contribution in [0.1, 0.15) is 19.9 Å². The van der Waals surface area contributed by atoms with Crippen molar-refractivity contribution < 1.29 is 5.11 Å². The Bertz CT molecular complexity index is 979. The Morgan fingerprint density at radius 2 is 1.21 bits per heavy atom. The second-order valence-electron chi connectivity index (χ2n) is 7.46. The van der Waals surface area contributed by atoms with Crippen LogP contribution in [0.5, 0.6) is 5.75 Å². The first-order valence-corrected chi connectivity index (χ1v) is 9.72. The summed E-state index contributed by atoms with van der Waals surface area (Å²) in [6.45, 7) is 7.75. The average Bonchev–Trinajstić information content (AvgIpc) is 3.10. The second kappa shape index (κ2) is 7.46. The van der Waals surface area contributed by atoms with E-state index in [0.717, 1.165) is 37.6 Å². The number of aromatic nitrogens is 2. The van der Waals surface area contributed by atoms with E-state index >= 15 is 0 Å². The number of aromatic hydroxyl groups is 1. The van der Waals surface area contributed by atoms with Crippen LogP contribution in [0.25, 0.3) is 5.69 Å². The Morgan fingerprint density at radius 3 is 1.68 bits per heavy atom. The van der Waals surface area contributed by atoms with Gasteiger partial charge in [0.25, 0.3) is 0 Å². The molecule has 0 amide bonds. The maximum absolute atomic E-state index is 12.5. The van der Waals surface area contributed by atoms with E-state index in [4.69, 9.17) is 0 Å². The topological polar surface area (TPSA) is 53.6 Å². The second-order valence-corrected chi connectivity index (χ2v) is 7.46. The first-order chi connectivity index (χ1) is 13.5. The zero-order valence-electron chi connectivity index (χ0n) is 16.3. The molecular weight excluding hydrogens is 352 g/mol. The van der Waals surface area contributed by atoms with Crippen LogP contribution in [0.3, 0.4) is 0 Å². The fourth-order valence-corrected chi connectivity index (χ4v) is 3.69. The molecule has 0 aliphatic carbocycles. The Hall–Kier alpha value is -3.15. The fourth-order valence-electron chi connectivity index (χ4n) is 3.69. The van der Waals surface area contributed by atoms with Crippen LogP contribution in [0.4, 0.5) is 11.4 Å². The third-order valence-electron chi connectivity index (χ3n) is 5.35. The van der Waals surface area contributed by atoms with Crippen molar-refractivity contribution >= 4 is 11.4 Å². The lowest BCUT2D eigenvalue weighted by atomic mass is 10.2. The summed E-state index contributed by atoms with van der Waals surface area (Å²) in [5.41, 5.74) is 3.19. The molecule has 28 heavy (non-hydrogen) atoms. The summed E-state index contributed by atoms with van der Waals surface area (Å²) in [6, 6.07) is 15.7. The molecule has 1 aliphatic heterocycles. The van der Waals surface area contributed by atoms with Gasteiger partial charge in [-0.3, -0.25) is 9.13 Å². The summed E-state index contributed by atoms with van der Waals surface area (Å²) in [4.78, 5) is 17.2. The number of hydrogen-bond acceptors (Lipinski definition) is 4. The minimum Gasteiger partial charge on any atom is -0.508 e. The summed E-state index contributed by atoms with van der Waals surface area (Å²) >= 11 is 0. The minimum absolute atomic E-state index is 0.00902. The molecule has 0 atom stereocenters. The zero-order valence-corrected chi connectivity index (χ0v) is 16.3. The normalized spacial score (nSPS) is 14.7. The highest BCUT2D eigenvalue weighted by Gasteiger charge is 2.18. The lowest BCUT2D eigenvalue weighted by molar-refractivity contribution is 0.475. The molecule has 146 valence electrons. The first kappa shape index (κ1) is 18.2. The minimum atomic E-state index is -0.00902. The van der Waals surface area contributed by atoms with Gasteiger partial charge in [0.05, 0.1) is 5.69 Å². The molecule has 0 bridgehead atoms. The third kappa shape index (κ3) is 3.50. The molecule has 1 N–H and O–H groups in total. The molecule has 2 heterocycles. The fraction of sp³-hybridized carbons (Fsp3) is 0.318.